The van der Waals surface area contributed by atoms with Gasteiger partial charge in [-0.05, 0) is 41.9 Å². The lowest BCUT2D eigenvalue weighted by atomic mass is 10.1. The molecule has 12 heteroatoms. The molecule has 0 radical (unpaired) electrons. The first kappa shape index (κ1) is 26.1. The van der Waals surface area contributed by atoms with Crippen LogP contribution in [0.2, 0.25) is 0 Å². The van der Waals surface area contributed by atoms with Crippen LogP contribution in [0.5, 0.6) is 0 Å². The first-order chi connectivity index (χ1) is 18.0. The molecular formula is C25H20N4O6S2. The predicted molar refractivity (Wildman–Crippen MR) is 139 cm³/mol. The average Bonchev–Trinajstić information content (AvgIpc) is 2.93. The van der Waals surface area contributed by atoms with E-state index in [1.807, 2.05) is 0 Å². The normalized spacial score (nSPS) is 20.8. The molecule has 37 heavy (non-hydrogen) atoms. The number of non-ortho nitro benzene ring substituents is 1. The van der Waals surface area contributed by atoms with Crippen molar-refractivity contribution >= 4 is 41.1 Å². The zero-order chi connectivity index (χ0) is 26.2. The summed E-state index contributed by atoms with van der Waals surface area (Å²) in [6.07, 6.45) is -1.94. The number of nitro benzene ring substituents is 1. The summed E-state index contributed by atoms with van der Waals surface area (Å²) >= 11 is 2.70. The van der Waals surface area contributed by atoms with Crippen LogP contribution < -0.4 is 0 Å². The van der Waals surface area contributed by atoms with Crippen molar-refractivity contribution in [1.29, 1.82) is 0 Å². The molecule has 1 aliphatic heterocycles. The monoisotopic (exact) mass is 536 g/mol. The van der Waals surface area contributed by atoms with Crippen molar-refractivity contribution in [3.8, 4) is 0 Å². The Morgan fingerprint density at radius 1 is 0.946 bits per heavy atom. The van der Waals surface area contributed by atoms with E-state index in [2.05, 4.69) is 10.0 Å². The number of esters is 2. The van der Waals surface area contributed by atoms with E-state index in [1.54, 1.807) is 72.8 Å². The van der Waals surface area contributed by atoms with E-state index >= 15 is 0 Å². The largest absolute Gasteiger partial charge is 0.454 e. The van der Waals surface area contributed by atoms with Crippen LogP contribution in [0.25, 0.3) is 10.4 Å². The zero-order valence-electron chi connectivity index (χ0n) is 19.2. The number of azide groups is 1. The number of carbonyl (C=O) groups is 2. The van der Waals surface area contributed by atoms with Gasteiger partial charge in [0.25, 0.3) is 5.69 Å². The zero-order valence-corrected chi connectivity index (χ0v) is 20.8. The molecule has 0 saturated carbocycles. The molecule has 0 spiro atoms. The van der Waals surface area contributed by atoms with Gasteiger partial charge in [0.2, 0.25) is 0 Å². The van der Waals surface area contributed by atoms with Gasteiger partial charge in [-0.2, -0.15) is 0 Å². The summed E-state index contributed by atoms with van der Waals surface area (Å²) in [5.74, 6) is -0.962. The fraction of sp³-hybridized carbons (Fsp3) is 0.200. The summed E-state index contributed by atoms with van der Waals surface area (Å²) in [6, 6.07) is 21.8. The van der Waals surface area contributed by atoms with E-state index in [9.17, 15) is 25.2 Å². The molecule has 4 rings (SSSR count). The van der Waals surface area contributed by atoms with Gasteiger partial charge in [0.05, 0.1) is 26.7 Å². The van der Waals surface area contributed by atoms with Gasteiger partial charge in [-0.25, -0.2) is 9.59 Å². The SMILES string of the molecule is [N-]=[N+]=N[C@H]1[C@H](Sc2ccc([N+](=O)[O-])cc2)SC[C@@H](OC(=O)c2ccccc2)[C@@H]1OC(=O)c1ccccc1. The van der Waals surface area contributed by atoms with Gasteiger partial charge in [0.15, 0.2) is 6.10 Å². The highest BCUT2D eigenvalue weighted by Crippen LogP contribution is 2.42. The van der Waals surface area contributed by atoms with Crippen LogP contribution >= 0.6 is 23.5 Å². The average molecular weight is 537 g/mol. The fourth-order valence-corrected chi connectivity index (χ4v) is 6.41. The summed E-state index contributed by atoms with van der Waals surface area (Å²) < 4.78 is 11.1. The summed E-state index contributed by atoms with van der Waals surface area (Å²) in [5, 5.41) is 14.9. The Bertz CT molecular complexity index is 1300. The Morgan fingerprint density at radius 2 is 1.51 bits per heavy atom. The molecule has 10 nitrogen and oxygen atoms in total. The summed E-state index contributed by atoms with van der Waals surface area (Å²) in [5.41, 5.74) is 9.92. The van der Waals surface area contributed by atoms with Crippen molar-refractivity contribution in [3.05, 3.63) is 117 Å². The standard InChI is InChI=1S/C25H20N4O6S2/c26-28-27-21-22(35-24(31)17-9-5-2-6-10-17)20(34-23(30)16-7-3-1-4-8-16)15-36-25(21)37-19-13-11-18(12-14-19)29(32)33/h1-14,20-22,25H,15H2/t20-,21-,22+,25+/m1/s1. The van der Waals surface area contributed by atoms with Gasteiger partial charge in [-0.1, -0.05) is 41.5 Å². The third kappa shape index (κ3) is 6.62. The van der Waals surface area contributed by atoms with E-state index in [1.165, 1.54) is 35.7 Å². The molecule has 1 fully saturated rings. The van der Waals surface area contributed by atoms with Crippen LogP contribution in [0, 0.1) is 10.1 Å². The van der Waals surface area contributed by atoms with Crippen LogP contribution in [-0.2, 0) is 9.47 Å². The number of ether oxygens (including phenoxy) is 2. The Balaban J connectivity index is 1.60. The number of thioether (sulfide) groups is 2. The minimum absolute atomic E-state index is 0.0465. The van der Waals surface area contributed by atoms with Crippen LogP contribution in [-0.4, -0.2) is 45.4 Å². The van der Waals surface area contributed by atoms with Gasteiger partial charge in [-0.3, -0.25) is 10.1 Å². The van der Waals surface area contributed by atoms with Crippen LogP contribution in [0.15, 0.2) is 94.9 Å². The van der Waals surface area contributed by atoms with Crippen LogP contribution in [0.1, 0.15) is 20.7 Å². The van der Waals surface area contributed by atoms with Gasteiger partial charge < -0.3 is 9.47 Å². The minimum atomic E-state index is -1.06. The van der Waals surface area contributed by atoms with Gasteiger partial charge in [0.1, 0.15) is 6.10 Å². The maximum atomic E-state index is 13.0. The lowest BCUT2D eigenvalue weighted by molar-refractivity contribution is -0.384. The van der Waals surface area contributed by atoms with E-state index in [0.29, 0.717) is 16.0 Å². The molecular weight excluding hydrogens is 516 g/mol. The third-order valence-corrected chi connectivity index (χ3v) is 8.29. The number of hydrogen-bond donors (Lipinski definition) is 0. The molecule has 3 aromatic rings. The third-order valence-electron chi connectivity index (χ3n) is 5.41. The van der Waals surface area contributed by atoms with Crippen molar-refractivity contribution in [2.75, 3.05) is 5.75 Å². The van der Waals surface area contributed by atoms with Crippen LogP contribution in [0.3, 0.4) is 0 Å². The number of hydrogen-bond acceptors (Lipinski definition) is 9. The van der Waals surface area contributed by atoms with Crippen molar-refractivity contribution < 1.29 is 24.0 Å². The molecule has 0 amide bonds. The number of carbonyl (C=O) groups excluding carboxylic acids is 2. The highest BCUT2D eigenvalue weighted by Gasteiger charge is 2.45. The minimum Gasteiger partial charge on any atom is -0.454 e. The molecule has 3 aromatic carbocycles. The molecule has 0 aliphatic carbocycles. The van der Waals surface area contributed by atoms with Gasteiger partial charge in [0, 0.05) is 27.7 Å². The number of benzene rings is 3. The highest BCUT2D eigenvalue weighted by atomic mass is 32.2. The topological polar surface area (TPSA) is 145 Å². The Labute approximate surface area is 220 Å². The van der Waals surface area contributed by atoms with Gasteiger partial charge >= 0.3 is 11.9 Å². The number of nitro groups is 1. The first-order valence-electron chi connectivity index (χ1n) is 11.1. The van der Waals surface area contributed by atoms with Crippen molar-refractivity contribution in [3.63, 3.8) is 0 Å². The van der Waals surface area contributed by atoms with Crippen molar-refractivity contribution in [2.24, 2.45) is 5.11 Å². The van der Waals surface area contributed by atoms with E-state index in [0.717, 1.165) is 0 Å². The predicted octanol–water partition coefficient (Wildman–Crippen LogP) is 5.89. The van der Waals surface area contributed by atoms with Crippen molar-refractivity contribution in [1.82, 2.24) is 0 Å². The summed E-state index contributed by atoms with van der Waals surface area (Å²) in [7, 11) is 0. The Kier molecular flexibility index (Phi) is 8.68. The second kappa shape index (κ2) is 12.3. The molecule has 1 heterocycles. The van der Waals surface area contributed by atoms with Gasteiger partial charge in [-0.15, -0.1) is 23.5 Å². The second-order valence-corrected chi connectivity index (χ2v) is 10.5. The van der Waals surface area contributed by atoms with E-state index in [4.69, 9.17) is 9.47 Å². The Morgan fingerprint density at radius 3 is 2.05 bits per heavy atom. The van der Waals surface area contributed by atoms with Crippen molar-refractivity contribution in [2.45, 2.75) is 27.7 Å². The number of rotatable bonds is 8. The molecule has 0 unspecified atom stereocenters. The summed E-state index contributed by atoms with van der Waals surface area (Å²) in [4.78, 5) is 39.9. The molecule has 4 atom stereocenters. The first-order valence-corrected chi connectivity index (χ1v) is 13.0. The lowest BCUT2D eigenvalue weighted by Gasteiger charge is -2.39. The molecule has 188 valence electrons. The maximum Gasteiger partial charge on any atom is 0.338 e. The smallest absolute Gasteiger partial charge is 0.338 e. The van der Waals surface area contributed by atoms with E-state index in [-0.39, 0.29) is 11.4 Å². The molecule has 0 bridgehead atoms. The quantitative estimate of drug-likeness (QED) is 0.0865. The molecule has 1 aliphatic rings. The number of nitrogens with zero attached hydrogens (tertiary/aromatic N) is 4. The maximum absolute atomic E-state index is 13.0. The van der Waals surface area contributed by atoms with Crippen LogP contribution in [0.4, 0.5) is 5.69 Å². The van der Waals surface area contributed by atoms with E-state index < -0.39 is 39.7 Å². The Hall–Kier alpha value is -3.99. The second-order valence-electron chi connectivity index (χ2n) is 7.81. The summed E-state index contributed by atoms with van der Waals surface area (Å²) in [6.45, 7) is 0. The molecule has 0 aromatic heterocycles. The molecule has 0 N–H and O–H groups in total. The highest BCUT2D eigenvalue weighted by molar-refractivity contribution is 8.17. The lowest BCUT2D eigenvalue weighted by Crippen LogP contribution is -2.51. The molecule has 1 saturated heterocycles. The fourth-order valence-electron chi connectivity index (χ4n) is 3.61.